The largest absolute Gasteiger partial charge is 0.481 e. The lowest BCUT2D eigenvalue weighted by molar-refractivity contribution is -0.136. The van der Waals surface area contributed by atoms with Crippen molar-refractivity contribution in [1.82, 2.24) is 0 Å². The summed E-state index contributed by atoms with van der Waals surface area (Å²) in [4.78, 5) is 10.5. The molecule has 0 saturated heterocycles. The molecule has 3 N–H and O–H groups in total. The SMILES string of the molecule is Cc1c(C#N)ccc(N)c1CC(=O)O. The van der Waals surface area contributed by atoms with Crippen molar-refractivity contribution < 1.29 is 9.90 Å². The molecule has 0 radical (unpaired) electrons. The molecule has 0 aliphatic rings. The van der Waals surface area contributed by atoms with Crippen LogP contribution in [-0.4, -0.2) is 11.1 Å². The molecule has 0 fully saturated rings. The number of hydrogen-bond donors (Lipinski definition) is 2. The summed E-state index contributed by atoms with van der Waals surface area (Å²) in [5, 5.41) is 17.4. The second kappa shape index (κ2) is 3.79. The minimum absolute atomic E-state index is 0.146. The van der Waals surface area contributed by atoms with E-state index in [1.165, 1.54) is 0 Å². The average molecular weight is 190 g/mol. The summed E-state index contributed by atoms with van der Waals surface area (Å²) >= 11 is 0. The van der Waals surface area contributed by atoms with Crippen LogP contribution in [-0.2, 0) is 11.2 Å². The molecule has 1 rings (SSSR count). The highest BCUT2D eigenvalue weighted by Gasteiger charge is 2.10. The standard InChI is InChI=1S/C10H10N2O2/c1-6-7(5-11)2-3-9(12)8(6)4-10(13)14/h2-3H,4,12H2,1H3,(H,13,14). The van der Waals surface area contributed by atoms with Gasteiger partial charge in [-0.15, -0.1) is 0 Å². The normalized spacial score (nSPS) is 9.43. The lowest BCUT2D eigenvalue weighted by Crippen LogP contribution is -2.06. The topological polar surface area (TPSA) is 87.1 Å². The van der Waals surface area contributed by atoms with Crippen molar-refractivity contribution in [3.05, 3.63) is 28.8 Å². The van der Waals surface area contributed by atoms with Crippen LogP contribution in [0.4, 0.5) is 5.69 Å². The molecule has 1 aromatic carbocycles. The maximum atomic E-state index is 10.5. The number of carbonyl (C=O) groups is 1. The van der Waals surface area contributed by atoms with E-state index in [1.807, 2.05) is 6.07 Å². The van der Waals surface area contributed by atoms with Gasteiger partial charge in [0, 0.05) is 5.69 Å². The number of nitrogens with zero attached hydrogens (tertiary/aromatic N) is 1. The Balaban J connectivity index is 3.27. The number of hydrogen-bond acceptors (Lipinski definition) is 3. The fraction of sp³-hybridized carbons (Fsp3) is 0.200. The van der Waals surface area contributed by atoms with Gasteiger partial charge in [0.25, 0.3) is 0 Å². The highest BCUT2D eigenvalue weighted by atomic mass is 16.4. The summed E-state index contributed by atoms with van der Waals surface area (Å²) in [7, 11) is 0. The summed E-state index contributed by atoms with van der Waals surface area (Å²) < 4.78 is 0. The van der Waals surface area contributed by atoms with E-state index in [2.05, 4.69) is 0 Å². The van der Waals surface area contributed by atoms with Crippen LogP contribution in [0.15, 0.2) is 12.1 Å². The lowest BCUT2D eigenvalue weighted by atomic mass is 9.99. The molecule has 4 nitrogen and oxygen atoms in total. The van der Waals surface area contributed by atoms with Gasteiger partial charge in [-0.2, -0.15) is 5.26 Å². The molecular weight excluding hydrogens is 180 g/mol. The third-order valence-electron chi connectivity index (χ3n) is 2.08. The third kappa shape index (κ3) is 1.83. The number of carboxylic acid groups (broad SMARTS) is 1. The van der Waals surface area contributed by atoms with Gasteiger partial charge in [0.2, 0.25) is 0 Å². The van der Waals surface area contributed by atoms with Crippen LogP contribution in [0.2, 0.25) is 0 Å². The molecule has 0 aromatic heterocycles. The lowest BCUT2D eigenvalue weighted by Gasteiger charge is -2.08. The van der Waals surface area contributed by atoms with E-state index in [1.54, 1.807) is 19.1 Å². The van der Waals surface area contributed by atoms with Crippen molar-refractivity contribution in [3.63, 3.8) is 0 Å². The number of nitrogen functional groups attached to an aromatic ring is 1. The maximum Gasteiger partial charge on any atom is 0.307 e. The first-order chi connectivity index (χ1) is 6.56. The molecular formula is C10H10N2O2. The predicted molar refractivity (Wildman–Crippen MR) is 51.6 cm³/mol. The minimum atomic E-state index is -0.949. The Bertz CT molecular complexity index is 419. The van der Waals surface area contributed by atoms with Crippen LogP contribution >= 0.6 is 0 Å². The summed E-state index contributed by atoms with van der Waals surface area (Å²) in [6, 6.07) is 5.14. The summed E-state index contributed by atoms with van der Waals surface area (Å²) in [6.45, 7) is 1.70. The first-order valence-electron chi connectivity index (χ1n) is 4.06. The predicted octanol–water partition coefficient (Wildman–Crippen LogP) is 1.08. The fourth-order valence-electron chi connectivity index (χ4n) is 1.28. The molecule has 4 heteroatoms. The van der Waals surface area contributed by atoms with Gasteiger partial charge in [0.05, 0.1) is 18.1 Å². The van der Waals surface area contributed by atoms with E-state index >= 15 is 0 Å². The highest BCUT2D eigenvalue weighted by Crippen LogP contribution is 2.20. The van der Waals surface area contributed by atoms with Crippen LogP contribution in [0.1, 0.15) is 16.7 Å². The van der Waals surface area contributed by atoms with E-state index in [4.69, 9.17) is 16.1 Å². The highest BCUT2D eigenvalue weighted by molar-refractivity contribution is 5.74. The number of anilines is 1. The molecule has 1 aromatic rings. The molecule has 0 amide bonds. The number of rotatable bonds is 2. The first-order valence-corrected chi connectivity index (χ1v) is 4.06. The Kier molecular flexibility index (Phi) is 2.73. The fourth-order valence-corrected chi connectivity index (χ4v) is 1.28. The third-order valence-corrected chi connectivity index (χ3v) is 2.08. The van der Waals surface area contributed by atoms with E-state index < -0.39 is 5.97 Å². The van der Waals surface area contributed by atoms with Crippen molar-refractivity contribution in [1.29, 1.82) is 5.26 Å². The Morgan fingerprint density at radius 3 is 2.79 bits per heavy atom. The minimum Gasteiger partial charge on any atom is -0.481 e. The first kappa shape index (κ1) is 10.1. The van der Waals surface area contributed by atoms with Crippen LogP contribution in [0, 0.1) is 18.3 Å². The monoisotopic (exact) mass is 190 g/mol. The van der Waals surface area contributed by atoms with Gasteiger partial charge in [-0.3, -0.25) is 4.79 Å². The van der Waals surface area contributed by atoms with Gasteiger partial charge in [0.1, 0.15) is 0 Å². The molecule has 0 aliphatic heterocycles. The van der Waals surface area contributed by atoms with Crippen molar-refractivity contribution in [3.8, 4) is 6.07 Å². The van der Waals surface area contributed by atoms with Crippen molar-refractivity contribution in [2.75, 3.05) is 5.73 Å². The Hall–Kier alpha value is -2.02. The number of aliphatic carboxylic acids is 1. The summed E-state index contributed by atoms with van der Waals surface area (Å²) in [6.07, 6.45) is -0.146. The zero-order valence-corrected chi connectivity index (χ0v) is 7.74. The van der Waals surface area contributed by atoms with Crippen molar-refractivity contribution in [2.45, 2.75) is 13.3 Å². The Labute approximate surface area is 81.6 Å². The number of nitrogens with two attached hydrogens (primary N) is 1. The quantitative estimate of drug-likeness (QED) is 0.683. The zero-order chi connectivity index (χ0) is 10.7. The Morgan fingerprint density at radius 1 is 1.64 bits per heavy atom. The molecule has 72 valence electrons. The number of carboxylic acids is 1. The molecule has 0 unspecified atom stereocenters. The molecule has 0 aliphatic carbocycles. The van der Waals surface area contributed by atoms with Crippen LogP contribution in [0.25, 0.3) is 0 Å². The molecule has 0 bridgehead atoms. The molecule has 0 saturated carbocycles. The van der Waals surface area contributed by atoms with Gasteiger partial charge in [-0.05, 0) is 30.2 Å². The van der Waals surface area contributed by atoms with E-state index in [9.17, 15) is 4.79 Å². The van der Waals surface area contributed by atoms with Crippen molar-refractivity contribution >= 4 is 11.7 Å². The van der Waals surface area contributed by atoms with Crippen LogP contribution in [0.3, 0.4) is 0 Å². The average Bonchev–Trinajstić information content (AvgIpc) is 2.12. The molecule has 0 heterocycles. The van der Waals surface area contributed by atoms with Gasteiger partial charge in [0.15, 0.2) is 0 Å². The summed E-state index contributed by atoms with van der Waals surface area (Å²) in [5.41, 5.74) is 7.68. The van der Waals surface area contributed by atoms with E-state index in [0.717, 1.165) is 0 Å². The maximum absolute atomic E-state index is 10.5. The number of nitriles is 1. The van der Waals surface area contributed by atoms with Crippen LogP contribution in [0.5, 0.6) is 0 Å². The zero-order valence-electron chi connectivity index (χ0n) is 7.74. The number of benzene rings is 1. The smallest absolute Gasteiger partial charge is 0.307 e. The van der Waals surface area contributed by atoms with Gasteiger partial charge < -0.3 is 10.8 Å². The molecule has 14 heavy (non-hydrogen) atoms. The van der Waals surface area contributed by atoms with Gasteiger partial charge in [-0.25, -0.2) is 0 Å². The van der Waals surface area contributed by atoms with Crippen LogP contribution < -0.4 is 5.73 Å². The second-order valence-electron chi connectivity index (χ2n) is 2.99. The summed E-state index contributed by atoms with van der Waals surface area (Å²) in [5.74, 6) is -0.949. The Morgan fingerprint density at radius 2 is 2.29 bits per heavy atom. The second-order valence-corrected chi connectivity index (χ2v) is 2.99. The molecule has 0 spiro atoms. The van der Waals surface area contributed by atoms with Crippen molar-refractivity contribution in [2.24, 2.45) is 0 Å². The van der Waals surface area contributed by atoms with E-state index in [0.29, 0.717) is 22.4 Å². The van der Waals surface area contributed by atoms with Gasteiger partial charge in [-0.1, -0.05) is 0 Å². The molecule has 0 atom stereocenters. The van der Waals surface area contributed by atoms with Gasteiger partial charge >= 0.3 is 5.97 Å². The van der Waals surface area contributed by atoms with E-state index in [-0.39, 0.29) is 6.42 Å².